The molecule has 0 saturated carbocycles. The maximum atomic E-state index is 4.93. The number of rotatable bonds is 6. The first-order valence-corrected chi connectivity index (χ1v) is 30.4. The molecule has 1 aliphatic heterocycles. The molecule has 0 bridgehead atoms. The molecule has 6 heteroatoms. The van der Waals surface area contributed by atoms with E-state index in [4.69, 9.17) is 17.0 Å². The van der Waals surface area contributed by atoms with E-state index < -0.39 is 37.0 Å². The third kappa shape index (κ3) is 8.75. The van der Waals surface area contributed by atoms with E-state index in [1.54, 1.807) is 10.4 Å². The molecule has 1 unspecified atom stereocenters. The maximum absolute atomic E-state index is 4.93. The molecule has 0 spiro atoms. The standard InChI is InChI=1S/C27H39Si2.C12H7Si.2ClH.Zr/c1-10-19(3)22-14-21-13-12-20(11-2)27(26(21)17-22)23-15-24(28(4,5)6)18-25(16-23)29(7,8)9;1-3-7-11-9(5-1)10-6-2-4-8-12(10)13-11;;;/h12-19H,10-11H2,1-9H3;1-7H;2*1H;/q2*-1;;;+4/p-2. The predicted octanol–water partition coefficient (Wildman–Crippen LogP) is 9.89. The van der Waals surface area contributed by atoms with Crippen molar-refractivity contribution in [2.45, 2.75) is 78.8 Å². The largest absolute Gasteiger partial charge is 0.184 e. The number of hydrogen-bond donors (Lipinski definition) is 0. The molecule has 1 aliphatic rings. The fraction of sp³-hybridized carbons (Fsp3) is 0.308. The zero-order valence-electron chi connectivity index (χ0n) is 28.3. The van der Waals surface area contributed by atoms with Gasteiger partial charge in [0.1, 0.15) is 0 Å². The van der Waals surface area contributed by atoms with Gasteiger partial charge in [0.15, 0.2) is 0 Å². The van der Waals surface area contributed by atoms with Gasteiger partial charge in [-0.1, -0.05) is 141 Å². The summed E-state index contributed by atoms with van der Waals surface area (Å²) in [6.45, 7) is 21.8. The minimum absolute atomic E-state index is 0.617. The third-order valence-electron chi connectivity index (χ3n) is 8.85. The van der Waals surface area contributed by atoms with Gasteiger partial charge in [-0.05, 0) is 17.9 Å². The van der Waals surface area contributed by atoms with Crippen molar-refractivity contribution in [1.29, 1.82) is 0 Å². The van der Waals surface area contributed by atoms with Gasteiger partial charge in [0, 0.05) is 0 Å². The molecule has 0 fully saturated rings. The van der Waals surface area contributed by atoms with E-state index in [2.05, 4.69) is 145 Å². The number of aryl methyl sites for hydroxylation is 1. The molecule has 1 heterocycles. The minimum Gasteiger partial charge on any atom is -0.184 e. The van der Waals surface area contributed by atoms with Crippen LogP contribution in [0.5, 0.6) is 0 Å². The Balaban J connectivity index is 0.000000236. The molecule has 6 rings (SSSR count). The Morgan fingerprint density at radius 3 is 2.04 bits per heavy atom. The second-order valence-electron chi connectivity index (χ2n) is 14.1. The SMILES string of the molecule is CCc1ccc2[cH-]c(C(C)CC)cc2c1-c1cc([Si](C)(C)C)cc([Si](C)(C)C)c1.[Cl][Zr+2][Cl].[c-]1cccc2c1[Si]c1ccccc1-2. The Kier molecular flexibility index (Phi) is 12.7. The van der Waals surface area contributed by atoms with Gasteiger partial charge in [-0.3, -0.25) is 0 Å². The van der Waals surface area contributed by atoms with Crippen LogP contribution in [0.2, 0.25) is 39.3 Å². The fourth-order valence-electron chi connectivity index (χ4n) is 5.87. The first-order chi connectivity index (χ1) is 21.3. The minimum atomic E-state index is -1.40. The van der Waals surface area contributed by atoms with Gasteiger partial charge in [0.05, 0.1) is 25.7 Å². The zero-order valence-corrected chi connectivity index (χ0v) is 35.3. The van der Waals surface area contributed by atoms with E-state index in [0.717, 1.165) is 15.9 Å². The Hall–Kier alpha value is -1.40. The second-order valence-corrected chi connectivity index (χ2v) is 29.2. The van der Waals surface area contributed by atoms with Crippen LogP contribution in [-0.4, -0.2) is 25.7 Å². The van der Waals surface area contributed by atoms with E-state index in [1.165, 1.54) is 60.9 Å². The van der Waals surface area contributed by atoms with Crippen molar-refractivity contribution >= 4 is 74.2 Å². The number of fused-ring (bicyclic) bond motifs is 4. The summed E-state index contributed by atoms with van der Waals surface area (Å²) in [4.78, 5) is 0. The van der Waals surface area contributed by atoms with Gasteiger partial charge in [-0.15, -0.1) is 40.1 Å². The van der Waals surface area contributed by atoms with Crippen LogP contribution in [0.25, 0.3) is 33.0 Å². The Bertz CT molecular complexity index is 1670. The summed E-state index contributed by atoms with van der Waals surface area (Å²) in [5.74, 6) is 0.617. The second kappa shape index (κ2) is 15.7. The van der Waals surface area contributed by atoms with Crippen LogP contribution in [0, 0.1) is 6.07 Å². The number of benzene rings is 4. The summed E-state index contributed by atoms with van der Waals surface area (Å²) in [7, 11) is 7.86. The monoisotopic (exact) mass is 758 g/mol. The molecule has 2 radical (unpaired) electrons. The van der Waals surface area contributed by atoms with Crippen molar-refractivity contribution in [1.82, 2.24) is 0 Å². The van der Waals surface area contributed by atoms with Crippen LogP contribution in [0.1, 0.15) is 44.2 Å². The average Bonchev–Trinajstić information content (AvgIpc) is 3.61. The van der Waals surface area contributed by atoms with Crippen LogP contribution in [-0.2, 0) is 27.3 Å². The molecule has 45 heavy (non-hydrogen) atoms. The summed E-state index contributed by atoms with van der Waals surface area (Å²) in [6, 6.07) is 35.4. The molecule has 0 amide bonds. The maximum Gasteiger partial charge on any atom is 0.0920 e. The van der Waals surface area contributed by atoms with Crippen molar-refractivity contribution in [3.05, 3.63) is 102 Å². The van der Waals surface area contributed by atoms with Crippen molar-refractivity contribution in [2.24, 2.45) is 0 Å². The normalized spacial score (nSPS) is 12.7. The van der Waals surface area contributed by atoms with Gasteiger partial charge >= 0.3 is 37.9 Å². The first-order valence-electron chi connectivity index (χ1n) is 16.0. The van der Waals surface area contributed by atoms with Crippen LogP contribution in [0.3, 0.4) is 0 Å². The van der Waals surface area contributed by atoms with Crippen molar-refractivity contribution in [3.63, 3.8) is 0 Å². The van der Waals surface area contributed by atoms with Crippen LogP contribution in [0.4, 0.5) is 0 Å². The van der Waals surface area contributed by atoms with Gasteiger partial charge in [-0.25, -0.2) is 0 Å². The zero-order chi connectivity index (χ0) is 32.9. The van der Waals surface area contributed by atoms with E-state index >= 15 is 0 Å². The quantitative estimate of drug-likeness (QED) is 0.117. The smallest absolute Gasteiger partial charge is 0.0920 e. The van der Waals surface area contributed by atoms with E-state index in [9.17, 15) is 0 Å². The van der Waals surface area contributed by atoms with E-state index in [-0.39, 0.29) is 0 Å². The third-order valence-corrected chi connectivity index (χ3v) is 14.3. The fourth-order valence-corrected chi connectivity index (χ4v) is 9.68. The molecule has 5 aromatic carbocycles. The van der Waals surface area contributed by atoms with Crippen LogP contribution >= 0.6 is 17.0 Å². The molecule has 0 aromatic heterocycles. The van der Waals surface area contributed by atoms with Crippen LogP contribution < -0.4 is 20.7 Å². The Morgan fingerprint density at radius 2 is 1.44 bits per heavy atom. The van der Waals surface area contributed by atoms with Crippen molar-refractivity contribution < 1.29 is 20.8 Å². The summed E-state index contributed by atoms with van der Waals surface area (Å²) in [5, 5.41) is 8.87. The van der Waals surface area contributed by atoms with E-state index in [1.807, 2.05) is 6.07 Å². The molecule has 0 aliphatic carbocycles. The number of halogens is 2. The predicted molar refractivity (Wildman–Crippen MR) is 206 cm³/mol. The molecular formula is C39H46Cl2Si3Zr. The molecule has 0 nitrogen and oxygen atoms in total. The summed E-state index contributed by atoms with van der Waals surface area (Å²) in [5.41, 5.74) is 8.67. The Morgan fingerprint density at radius 1 is 0.822 bits per heavy atom. The molecule has 232 valence electrons. The summed E-state index contributed by atoms with van der Waals surface area (Å²) in [6.07, 6.45) is 2.27. The summed E-state index contributed by atoms with van der Waals surface area (Å²) >= 11 is -0.826. The van der Waals surface area contributed by atoms with Crippen molar-refractivity contribution in [2.75, 3.05) is 0 Å². The average molecular weight is 761 g/mol. The summed E-state index contributed by atoms with van der Waals surface area (Å²) < 4.78 is 0. The Labute approximate surface area is 295 Å². The molecule has 0 N–H and O–H groups in total. The van der Waals surface area contributed by atoms with Gasteiger partial charge in [0.2, 0.25) is 0 Å². The molecule has 0 saturated heterocycles. The van der Waals surface area contributed by atoms with Gasteiger partial charge < -0.3 is 0 Å². The van der Waals surface area contributed by atoms with Gasteiger partial charge in [-0.2, -0.15) is 35.5 Å². The van der Waals surface area contributed by atoms with Crippen LogP contribution in [0.15, 0.2) is 84.9 Å². The molecule has 1 atom stereocenters. The number of hydrogen-bond acceptors (Lipinski definition) is 0. The topological polar surface area (TPSA) is 0 Å². The van der Waals surface area contributed by atoms with Gasteiger partial charge in [0.25, 0.3) is 0 Å². The molecular weight excluding hydrogens is 715 g/mol. The first kappa shape index (κ1) is 36.4. The van der Waals surface area contributed by atoms with Crippen molar-refractivity contribution in [3.8, 4) is 22.3 Å². The van der Waals surface area contributed by atoms with E-state index in [0.29, 0.717) is 5.92 Å². The molecule has 5 aromatic rings.